The molecule has 216 valence electrons. The molecule has 3 saturated heterocycles. The molecule has 8 N–H and O–H groups in total. The number of carbonyl (C=O) groups excluding carboxylic acids is 2. The molecule has 1 spiro atoms. The number of nitrogens with one attached hydrogen (secondary N) is 7. The number of aliphatic hydroxyl groups is 1. The van der Waals surface area contributed by atoms with Crippen LogP contribution < -0.4 is 31.3 Å². The van der Waals surface area contributed by atoms with Gasteiger partial charge in [-0.25, -0.2) is 9.37 Å². The largest absolute Gasteiger partial charge is 0.492 e. The molecule has 1 unspecified atom stereocenters. The van der Waals surface area contributed by atoms with Gasteiger partial charge in [-0.2, -0.15) is 0 Å². The minimum Gasteiger partial charge on any atom is -0.492 e. The molecular weight excluding hydrogens is 533 g/mol. The zero-order valence-corrected chi connectivity index (χ0v) is 22.5. The first-order chi connectivity index (χ1) is 19.5. The van der Waals surface area contributed by atoms with Crippen LogP contribution in [-0.4, -0.2) is 88.3 Å². The quantitative estimate of drug-likeness (QED) is 0.238. The summed E-state index contributed by atoms with van der Waals surface area (Å²) in [5, 5.41) is 43.3. The van der Waals surface area contributed by atoms with Gasteiger partial charge >= 0.3 is 0 Å². The second-order valence-corrected chi connectivity index (χ2v) is 11.4. The summed E-state index contributed by atoms with van der Waals surface area (Å²) in [7, 11) is 0. The van der Waals surface area contributed by atoms with Crippen LogP contribution in [0.3, 0.4) is 0 Å². The number of ether oxygens (including phenoxy) is 1. The predicted molar refractivity (Wildman–Crippen MR) is 145 cm³/mol. The van der Waals surface area contributed by atoms with Gasteiger partial charge in [-0.3, -0.25) is 20.4 Å². The maximum atomic E-state index is 13.5. The molecule has 1 aromatic heterocycles. The zero-order chi connectivity index (χ0) is 29.1. The number of benzene rings is 1. The molecule has 0 radical (unpaired) electrons. The van der Waals surface area contributed by atoms with Crippen molar-refractivity contribution in [2.24, 2.45) is 0 Å². The Morgan fingerprint density at radius 3 is 2.78 bits per heavy atom. The Morgan fingerprint density at radius 2 is 2.02 bits per heavy atom. The SMILES string of the molecule is CC1(C)CCOc2c(C(=O)NC3CN4C(=N)N[C@@H](CNC(=O)c5ccc(F)cn5)[C@@H]5NC(=N)N[C@@]54[C@@H]3O)cccc21. The number of pyridine rings is 1. The van der Waals surface area contributed by atoms with Crippen LogP contribution in [0.15, 0.2) is 36.5 Å². The van der Waals surface area contributed by atoms with Gasteiger partial charge in [0.05, 0.1) is 36.5 Å². The van der Waals surface area contributed by atoms with Crippen LogP contribution in [0.25, 0.3) is 0 Å². The van der Waals surface area contributed by atoms with Gasteiger partial charge in [-0.1, -0.05) is 26.0 Å². The number of guanidine groups is 2. The Morgan fingerprint density at radius 1 is 1.22 bits per heavy atom. The van der Waals surface area contributed by atoms with Crippen molar-refractivity contribution >= 4 is 23.7 Å². The maximum Gasteiger partial charge on any atom is 0.269 e. The highest BCUT2D eigenvalue weighted by Gasteiger charge is 2.66. The minimum absolute atomic E-state index is 0.00943. The number of nitrogens with zero attached hydrogens (tertiary/aromatic N) is 2. The maximum absolute atomic E-state index is 13.5. The topological polar surface area (TPSA) is 188 Å². The van der Waals surface area contributed by atoms with Gasteiger partial charge in [-0.05, 0) is 30.0 Å². The zero-order valence-electron chi connectivity index (χ0n) is 22.5. The van der Waals surface area contributed by atoms with Crippen molar-refractivity contribution < 1.29 is 23.8 Å². The number of halogens is 1. The fourth-order valence-corrected chi connectivity index (χ4v) is 6.30. The molecule has 2 aromatic rings. The third-order valence-corrected chi connectivity index (χ3v) is 8.47. The molecule has 3 fully saturated rings. The summed E-state index contributed by atoms with van der Waals surface area (Å²) < 4.78 is 19.1. The van der Waals surface area contributed by atoms with E-state index in [1.54, 1.807) is 11.0 Å². The molecule has 0 bridgehead atoms. The molecule has 41 heavy (non-hydrogen) atoms. The summed E-state index contributed by atoms with van der Waals surface area (Å²) in [5.41, 5.74) is -0.148. The molecule has 2 amide bonds. The van der Waals surface area contributed by atoms with E-state index in [-0.39, 0.29) is 36.1 Å². The van der Waals surface area contributed by atoms with E-state index in [2.05, 4.69) is 45.4 Å². The van der Waals surface area contributed by atoms with E-state index in [1.165, 1.54) is 6.07 Å². The molecule has 5 atom stereocenters. The second-order valence-electron chi connectivity index (χ2n) is 11.4. The molecule has 0 saturated carbocycles. The van der Waals surface area contributed by atoms with Crippen molar-refractivity contribution in [2.75, 3.05) is 19.7 Å². The van der Waals surface area contributed by atoms with Gasteiger partial charge in [0.15, 0.2) is 17.6 Å². The summed E-state index contributed by atoms with van der Waals surface area (Å²) in [5.74, 6) is -1.08. The lowest BCUT2D eigenvalue weighted by Crippen LogP contribution is -2.78. The van der Waals surface area contributed by atoms with Crippen molar-refractivity contribution in [2.45, 2.75) is 55.6 Å². The number of fused-ring (bicyclic) bond motifs is 1. The number of hydrogen-bond donors (Lipinski definition) is 8. The first kappa shape index (κ1) is 26.7. The molecule has 1 aromatic carbocycles. The predicted octanol–water partition coefficient (Wildman–Crippen LogP) is -0.415. The standard InChI is InChI=1S/C27H32FN9O4/c1-26(2)8-9-41-19-14(4-3-5-15(19)26)22(39)33-18-12-37-25(30)34-17(20-27(37,21(18)38)36-24(29)35-20)11-32-23(40)16-7-6-13(28)10-31-16/h3-7,10,17-18,20-21,38H,8-9,11-12H2,1-2H3,(H2,30,34)(H,32,40)(H,33,39)(H3,29,35,36)/t17-,18?,20-,21+,27-/m0/s1. The monoisotopic (exact) mass is 565 g/mol. The van der Waals surface area contributed by atoms with E-state index in [0.717, 1.165) is 24.2 Å². The van der Waals surface area contributed by atoms with Gasteiger partial charge in [0.25, 0.3) is 11.8 Å². The highest BCUT2D eigenvalue weighted by molar-refractivity contribution is 5.98. The first-order valence-corrected chi connectivity index (χ1v) is 13.4. The van der Waals surface area contributed by atoms with E-state index in [1.807, 2.05) is 12.1 Å². The molecule has 0 aliphatic carbocycles. The molecule has 5 heterocycles. The lowest BCUT2D eigenvalue weighted by molar-refractivity contribution is 0.00611. The third-order valence-electron chi connectivity index (χ3n) is 8.47. The number of aromatic nitrogens is 1. The van der Waals surface area contributed by atoms with E-state index >= 15 is 0 Å². The lowest BCUT2D eigenvalue weighted by Gasteiger charge is -2.49. The van der Waals surface area contributed by atoms with Crippen LogP contribution >= 0.6 is 0 Å². The Kier molecular flexibility index (Phi) is 6.25. The van der Waals surface area contributed by atoms with Gasteiger partial charge in [0.2, 0.25) is 0 Å². The highest BCUT2D eigenvalue weighted by Crippen LogP contribution is 2.41. The third kappa shape index (κ3) is 4.29. The van der Waals surface area contributed by atoms with E-state index in [0.29, 0.717) is 17.9 Å². The van der Waals surface area contributed by atoms with E-state index < -0.39 is 47.5 Å². The molecule has 4 aliphatic rings. The molecule has 6 rings (SSSR count). The van der Waals surface area contributed by atoms with Crippen LogP contribution in [-0.2, 0) is 5.41 Å². The Balaban J connectivity index is 1.22. The van der Waals surface area contributed by atoms with Crippen molar-refractivity contribution in [1.29, 1.82) is 10.8 Å². The van der Waals surface area contributed by atoms with Crippen molar-refractivity contribution in [1.82, 2.24) is 36.5 Å². The normalized spacial score (nSPS) is 29.1. The summed E-state index contributed by atoms with van der Waals surface area (Å²) in [6, 6.07) is 5.77. The van der Waals surface area contributed by atoms with E-state index in [9.17, 15) is 19.1 Å². The Bertz CT molecular complexity index is 1430. The first-order valence-electron chi connectivity index (χ1n) is 13.4. The van der Waals surface area contributed by atoms with Crippen molar-refractivity contribution in [3.8, 4) is 5.75 Å². The number of hydrogen-bond acceptors (Lipinski definition) is 7. The van der Waals surface area contributed by atoms with Crippen molar-refractivity contribution in [3.05, 3.63) is 59.2 Å². The summed E-state index contributed by atoms with van der Waals surface area (Å²) in [6.45, 7) is 4.81. The number of para-hydroxylation sites is 1. The fourth-order valence-electron chi connectivity index (χ4n) is 6.30. The van der Waals surface area contributed by atoms with Gasteiger partial charge in [0.1, 0.15) is 23.4 Å². The minimum atomic E-state index is -1.34. The molecule has 14 heteroatoms. The van der Waals surface area contributed by atoms with Crippen LogP contribution in [0.2, 0.25) is 0 Å². The number of aliphatic hydroxyl groups excluding tert-OH is 1. The van der Waals surface area contributed by atoms with E-state index in [4.69, 9.17) is 15.6 Å². The molecule has 13 nitrogen and oxygen atoms in total. The summed E-state index contributed by atoms with van der Waals surface area (Å²) >= 11 is 0. The average molecular weight is 566 g/mol. The van der Waals surface area contributed by atoms with Gasteiger partial charge in [0, 0.05) is 18.7 Å². The fraction of sp³-hybridized carbons (Fsp3) is 0.444. The summed E-state index contributed by atoms with van der Waals surface area (Å²) in [6.07, 6.45) is 0.539. The Labute approximate surface area is 235 Å². The second kappa shape index (κ2) is 9.58. The summed E-state index contributed by atoms with van der Waals surface area (Å²) in [4.78, 5) is 31.5. The van der Waals surface area contributed by atoms with Crippen LogP contribution in [0.4, 0.5) is 4.39 Å². The Hall–Kier alpha value is -4.46. The van der Waals surface area contributed by atoms with Crippen molar-refractivity contribution in [3.63, 3.8) is 0 Å². The smallest absolute Gasteiger partial charge is 0.269 e. The molecular formula is C27H32FN9O4. The van der Waals surface area contributed by atoms with Crippen LogP contribution in [0.5, 0.6) is 5.75 Å². The lowest BCUT2D eigenvalue weighted by atomic mass is 9.79. The van der Waals surface area contributed by atoms with Crippen LogP contribution in [0, 0.1) is 16.6 Å². The molecule has 4 aliphatic heterocycles. The van der Waals surface area contributed by atoms with Gasteiger partial charge in [-0.15, -0.1) is 0 Å². The highest BCUT2D eigenvalue weighted by atomic mass is 19.1. The van der Waals surface area contributed by atoms with Crippen LogP contribution in [0.1, 0.15) is 46.7 Å². The van der Waals surface area contributed by atoms with Gasteiger partial charge < -0.3 is 41.3 Å². The number of carbonyl (C=O) groups is 2. The number of rotatable bonds is 5. The number of amides is 2. The average Bonchev–Trinajstić information content (AvgIpc) is 3.43.